The van der Waals surface area contributed by atoms with Crippen molar-refractivity contribution in [3.63, 3.8) is 0 Å². The lowest BCUT2D eigenvalue weighted by Crippen LogP contribution is -2.51. The van der Waals surface area contributed by atoms with Crippen LogP contribution in [-0.2, 0) is 4.74 Å². The smallest absolute Gasteiger partial charge is 0.0755 e. The largest absolute Gasteiger partial charge is 0.380 e. The molecule has 0 bridgehead atoms. The van der Waals surface area contributed by atoms with Crippen molar-refractivity contribution in [2.24, 2.45) is 17.8 Å². The summed E-state index contributed by atoms with van der Waals surface area (Å²) in [5.74, 6) is 2.51. The minimum Gasteiger partial charge on any atom is -0.380 e. The van der Waals surface area contributed by atoms with E-state index in [4.69, 9.17) is 4.74 Å². The molecule has 1 N–H and O–H groups in total. The summed E-state index contributed by atoms with van der Waals surface area (Å²) in [6.07, 6.45) is 14.3. The normalized spacial score (nSPS) is 31.0. The average molecular weight is 296 g/mol. The highest BCUT2D eigenvalue weighted by molar-refractivity contribution is 4.91. The van der Waals surface area contributed by atoms with Gasteiger partial charge in [-0.1, -0.05) is 46.0 Å². The molecule has 0 aromatic carbocycles. The first kappa shape index (κ1) is 17.3. The number of ether oxygens (including phenoxy) is 1. The number of nitrogens with one attached hydrogen (secondary N) is 1. The summed E-state index contributed by atoms with van der Waals surface area (Å²) in [4.78, 5) is 0. The van der Waals surface area contributed by atoms with Crippen molar-refractivity contribution in [3.05, 3.63) is 0 Å². The van der Waals surface area contributed by atoms with Gasteiger partial charge in [0.2, 0.25) is 0 Å². The topological polar surface area (TPSA) is 21.3 Å². The fraction of sp³-hybridized carbons (Fsp3) is 1.00. The van der Waals surface area contributed by atoms with Crippen molar-refractivity contribution in [2.45, 2.75) is 90.2 Å². The molecular formula is C19H37NO. The second kappa shape index (κ2) is 9.15. The molecule has 0 aliphatic heterocycles. The van der Waals surface area contributed by atoms with Crippen LogP contribution in [0, 0.1) is 17.8 Å². The maximum atomic E-state index is 6.07. The molecule has 2 heteroatoms. The van der Waals surface area contributed by atoms with Crippen LogP contribution in [0.15, 0.2) is 0 Å². The quantitative estimate of drug-likeness (QED) is 0.730. The average Bonchev–Trinajstić information content (AvgIpc) is 2.52. The molecule has 0 aromatic rings. The van der Waals surface area contributed by atoms with Gasteiger partial charge < -0.3 is 10.1 Å². The summed E-state index contributed by atoms with van der Waals surface area (Å²) in [5.41, 5.74) is 0. The maximum Gasteiger partial charge on any atom is 0.0755 e. The molecule has 2 aliphatic rings. The molecule has 0 aromatic heterocycles. The summed E-state index contributed by atoms with van der Waals surface area (Å²) < 4.78 is 6.07. The molecule has 0 amide bonds. The van der Waals surface area contributed by atoms with Crippen molar-refractivity contribution in [2.75, 3.05) is 13.7 Å². The van der Waals surface area contributed by atoms with E-state index in [2.05, 4.69) is 19.2 Å². The Kier molecular flexibility index (Phi) is 7.53. The first-order valence-electron chi connectivity index (χ1n) is 9.52. The van der Waals surface area contributed by atoms with Gasteiger partial charge in [0.25, 0.3) is 0 Å². The van der Waals surface area contributed by atoms with Gasteiger partial charge in [-0.2, -0.15) is 0 Å². The monoisotopic (exact) mass is 295 g/mol. The van der Waals surface area contributed by atoms with Crippen LogP contribution in [0.4, 0.5) is 0 Å². The van der Waals surface area contributed by atoms with E-state index < -0.39 is 0 Å². The van der Waals surface area contributed by atoms with Gasteiger partial charge in [0.15, 0.2) is 0 Å². The Bertz CT molecular complexity index is 275. The van der Waals surface area contributed by atoms with Crippen LogP contribution in [0.25, 0.3) is 0 Å². The molecule has 0 heterocycles. The second-order valence-corrected chi connectivity index (χ2v) is 7.61. The van der Waals surface area contributed by atoms with Crippen LogP contribution in [-0.4, -0.2) is 25.8 Å². The first-order valence-corrected chi connectivity index (χ1v) is 9.52. The Morgan fingerprint density at radius 2 is 1.71 bits per heavy atom. The lowest BCUT2D eigenvalue weighted by atomic mass is 9.73. The van der Waals surface area contributed by atoms with Crippen molar-refractivity contribution >= 4 is 0 Å². The molecule has 0 saturated heterocycles. The molecule has 124 valence electrons. The van der Waals surface area contributed by atoms with Gasteiger partial charge in [-0.15, -0.1) is 0 Å². The maximum absolute atomic E-state index is 6.07. The summed E-state index contributed by atoms with van der Waals surface area (Å²) in [7, 11) is 1.95. The predicted molar refractivity (Wildman–Crippen MR) is 90.6 cm³/mol. The van der Waals surface area contributed by atoms with Crippen molar-refractivity contribution in [1.29, 1.82) is 0 Å². The van der Waals surface area contributed by atoms with E-state index in [1.807, 2.05) is 7.11 Å². The Balaban J connectivity index is 2.03. The minimum absolute atomic E-state index is 0.437. The molecule has 4 atom stereocenters. The highest BCUT2D eigenvalue weighted by atomic mass is 16.5. The Morgan fingerprint density at radius 1 is 1.00 bits per heavy atom. The third-order valence-electron chi connectivity index (χ3n) is 5.86. The fourth-order valence-corrected chi connectivity index (χ4v) is 4.76. The lowest BCUT2D eigenvalue weighted by molar-refractivity contribution is -0.0156. The van der Waals surface area contributed by atoms with Gasteiger partial charge in [0.1, 0.15) is 0 Å². The summed E-state index contributed by atoms with van der Waals surface area (Å²) >= 11 is 0. The Labute approximate surface area is 132 Å². The minimum atomic E-state index is 0.437. The fourth-order valence-electron chi connectivity index (χ4n) is 4.76. The summed E-state index contributed by atoms with van der Waals surface area (Å²) in [6, 6.07) is 0.584. The third-order valence-corrected chi connectivity index (χ3v) is 5.86. The van der Waals surface area contributed by atoms with Crippen LogP contribution in [0.2, 0.25) is 0 Å². The van der Waals surface area contributed by atoms with Gasteiger partial charge in [-0.3, -0.25) is 0 Å². The van der Waals surface area contributed by atoms with Gasteiger partial charge in [0, 0.05) is 13.2 Å². The zero-order valence-corrected chi connectivity index (χ0v) is 14.6. The van der Waals surface area contributed by atoms with Crippen LogP contribution >= 0.6 is 0 Å². The van der Waals surface area contributed by atoms with Gasteiger partial charge in [0.05, 0.1) is 6.10 Å². The van der Waals surface area contributed by atoms with E-state index >= 15 is 0 Å². The second-order valence-electron chi connectivity index (χ2n) is 7.61. The zero-order chi connectivity index (χ0) is 15.1. The molecule has 2 nitrogen and oxygen atoms in total. The molecule has 2 fully saturated rings. The molecule has 4 unspecified atom stereocenters. The van der Waals surface area contributed by atoms with E-state index in [1.54, 1.807) is 0 Å². The molecule has 0 spiro atoms. The third kappa shape index (κ3) is 4.96. The Hall–Kier alpha value is -0.0800. The summed E-state index contributed by atoms with van der Waals surface area (Å²) in [6.45, 7) is 5.85. The van der Waals surface area contributed by atoms with Crippen molar-refractivity contribution in [3.8, 4) is 0 Å². The number of hydrogen-bond acceptors (Lipinski definition) is 2. The summed E-state index contributed by atoms with van der Waals surface area (Å²) in [5, 5.41) is 3.88. The number of hydrogen-bond donors (Lipinski definition) is 1. The molecule has 21 heavy (non-hydrogen) atoms. The molecule has 2 saturated carbocycles. The van der Waals surface area contributed by atoms with E-state index in [1.165, 1.54) is 64.2 Å². The van der Waals surface area contributed by atoms with Crippen molar-refractivity contribution < 1.29 is 4.74 Å². The lowest BCUT2D eigenvalue weighted by Gasteiger charge is -2.41. The van der Waals surface area contributed by atoms with E-state index in [0.717, 1.165) is 24.3 Å². The van der Waals surface area contributed by atoms with Crippen LogP contribution in [0.1, 0.15) is 78.1 Å². The van der Waals surface area contributed by atoms with Crippen LogP contribution < -0.4 is 5.32 Å². The highest BCUT2D eigenvalue weighted by Gasteiger charge is 2.36. The molecule has 2 rings (SSSR count). The zero-order valence-electron chi connectivity index (χ0n) is 14.6. The van der Waals surface area contributed by atoms with Crippen LogP contribution in [0.3, 0.4) is 0 Å². The number of methoxy groups -OCH3 is 1. The first-order chi connectivity index (χ1) is 10.3. The van der Waals surface area contributed by atoms with Crippen LogP contribution in [0.5, 0.6) is 0 Å². The molecular weight excluding hydrogens is 258 g/mol. The SMILES string of the molecule is CCCNC(C1CCCC(C)C1)C(OC)C1CCCCC1. The van der Waals surface area contributed by atoms with Gasteiger partial charge in [-0.05, 0) is 56.4 Å². The van der Waals surface area contributed by atoms with E-state index in [-0.39, 0.29) is 0 Å². The van der Waals surface area contributed by atoms with E-state index in [0.29, 0.717) is 12.1 Å². The Morgan fingerprint density at radius 3 is 2.33 bits per heavy atom. The van der Waals surface area contributed by atoms with Gasteiger partial charge in [-0.25, -0.2) is 0 Å². The number of rotatable bonds is 7. The predicted octanol–water partition coefficient (Wildman–Crippen LogP) is 4.78. The highest BCUT2D eigenvalue weighted by Crippen LogP contribution is 2.36. The standard InChI is InChI=1S/C19H37NO/c1-4-13-20-18(17-12-8-9-15(2)14-17)19(21-3)16-10-6-5-7-11-16/h15-20H,4-14H2,1-3H3. The molecule has 0 radical (unpaired) electrons. The van der Waals surface area contributed by atoms with E-state index in [9.17, 15) is 0 Å². The van der Waals surface area contributed by atoms with Crippen molar-refractivity contribution in [1.82, 2.24) is 5.32 Å². The van der Waals surface area contributed by atoms with Gasteiger partial charge >= 0.3 is 0 Å². The molecule has 2 aliphatic carbocycles.